The first kappa shape index (κ1) is 15.0. The molecule has 0 unspecified atom stereocenters. The Hall–Kier alpha value is -2.59. The number of sulfonamides is 1. The first-order chi connectivity index (χ1) is 11.6. The van der Waals surface area contributed by atoms with Crippen LogP contribution in [0.15, 0.2) is 72.8 Å². The van der Waals surface area contributed by atoms with E-state index in [-0.39, 0.29) is 5.75 Å². The standard InChI is InChI=1S/C20H17NO2S/c22-24(23)14-13-18-7-4-8-19(20(18)21-24)17-11-9-16(10-12-17)15-5-2-1-3-6-15/h1-12,21H,13-14H2. The SMILES string of the molecule is O=S1(=O)CCc2cccc(-c3ccc(-c4ccccc4)cc3)c2N1. The summed E-state index contributed by atoms with van der Waals surface area (Å²) in [6, 6.07) is 24.4. The topological polar surface area (TPSA) is 46.2 Å². The van der Waals surface area contributed by atoms with Gasteiger partial charge in [0.1, 0.15) is 0 Å². The number of para-hydroxylation sites is 1. The molecule has 1 heterocycles. The van der Waals surface area contributed by atoms with E-state index >= 15 is 0 Å². The van der Waals surface area contributed by atoms with Gasteiger partial charge >= 0.3 is 0 Å². The summed E-state index contributed by atoms with van der Waals surface area (Å²) in [6.45, 7) is 0. The molecule has 0 bridgehead atoms. The third-order valence-electron chi connectivity index (χ3n) is 4.35. The molecule has 0 aromatic heterocycles. The summed E-state index contributed by atoms with van der Waals surface area (Å²) in [5.74, 6) is 0.149. The molecule has 3 aromatic carbocycles. The first-order valence-corrected chi connectivity index (χ1v) is 9.56. The Morgan fingerprint density at radius 2 is 1.38 bits per heavy atom. The van der Waals surface area contributed by atoms with Crippen LogP contribution < -0.4 is 4.72 Å². The van der Waals surface area contributed by atoms with Crippen LogP contribution in [0.2, 0.25) is 0 Å². The van der Waals surface area contributed by atoms with E-state index in [0.29, 0.717) is 6.42 Å². The lowest BCUT2D eigenvalue weighted by Gasteiger charge is -2.21. The Bertz CT molecular complexity index is 978. The lowest BCUT2D eigenvalue weighted by molar-refractivity contribution is 0.599. The van der Waals surface area contributed by atoms with Gasteiger partial charge in [-0.2, -0.15) is 0 Å². The van der Waals surface area contributed by atoms with Crippen LogP contribution >= 0.6 is 0 Å². The summed E-state index contributed by atoms with van der Waals surface area (Å²) in [7, 11) is -3.23. The first-order valence-electron chi connectivity index (χ1n) is 7.91. The van der Waals surface area contributed by atoms with E-state index < -0.39 is 10.0 Å². The van der Waals surface area contributed by atoms with Crippen LogP contribution in [0.5, 0.6) is 0 Å². The van der Waals surface area contributed by atoms with Crippen molar-refractivity contribution in [2.24, 2.45) is 0 Å². The fourth-order valence-corrected chi connectivity index (χ4v) is 4.24. The second kappa shape index (κ2) is 5.80. The molecule has 1 N–H and O–H groups in total. The number of fused-ring (bicyclic) bond motifs is 1. The van der Waals surface area contributed by atoms with E-state index in [9.17, 15) is 8.42 Å². The smallest absolute Gasteiger partial charge is 0.233 e. The summed E-state index contributed by atoms with van der Waals surface area (Å²) in [5.41, 5.74) is 6.02. The van der Waals surface area contributed by atoms with Gasteiger partial charge in [-0.05, 0) is 28.7 Å². The normalized spacial score (nSPS) is 15.3. The van der Waals surface area contributed by atoms with Crippen molar-refractivity contribution in [3.63, 3.8) is 0 Å². The zero-order valence-corrected chi connectivity index (χ0v) is 13.9. The summed E-state index contributed by atoms with van der Waals surface area (Å²) in [5, 5.41) is 0. The second-order valence-electron chi connectivity index (χ2n) is 5.95. The summed E-state index contributed by atoms with van der Waals surface area (Å²) >= 11 is 0. The fourth-order valence-electron chi connectivity index (χ4n) is 3.09. The number of benzene rings is 3. The molecule has 0 saturated heterocycles. The molecular weight excluding hydrogens is 318 g/mol. The van der Waals surface area contributed by atoms with Crippen LogP contribution in [-0.2, 0) is 16.4 Å². The van der Waals surface area contributed by atoms with Crippen LogP contribution in [0.25, 0.3) is 22.3 Å². The molecule has 3 nitrogen and oxygen atoms in total. The number of aryl methyl sites for hydroxylation is 1. The molecule has 4 rings (SSSR count). The molecule has 24 heavy (non-hydrogen) atoms. The minimum absolute atomic E-state index is 0.149. The highest BCUT2D eigenvalue weighted by Gasteiger charge is 2.22. The molecule has 120 valence electrons. The summed E-state index contributed by atoms with van der Waals surface area (Å²) in [6.07, 6.45) is 0.556. The van der Waals surface area contributed by atoms with Gasteiger partial charge in [-0.3, -0.25) is 4.72 Å². The Kier molecular flexibility index (Phi) is 3.62. The minimum atomic E-state index is -3.23. The Labute approximate surface area is 142 Å². The molecule has 0 aliphatic carbocycles. The van der Waals surface area contributed by atoms with Gasteiger partial charge in [-0.15, -0.1) is 0 Å². The Morgan fingerprint density at radius 3 is 2.12 bits per heavy atom. The van der Waals surface area contributed by atoms with Crippen molar-refractivity contribution in [2.45, 2.75) is 6.42 Å². The highest BCUT2D eigenvalue weighted by atomic mass is 32.2. The minimum Gasteiger partial charge on any atom is -0.283 e. The highest BCUT2D eigenvalue weighted by Crippen LogP contribution is 2.35. The van der Waals surface area contributed by atoms with Gasteiger partial charge in [0, 0.05) is 5.56 Å². The molecule has 0 atom stereocenters. The predicted molar refractivity (Wildman–Crippen MR) is 98.4 cm³/mol. The third kappa shape index (κ3) is 2.81. The highest BCUT2D eigenvalue weighted by molar-refractivity contribution is 7.92. The van der Waals surface area contributed by atoms with Gasteiger partial charge in [0.2, 0.25) is 10.0 Å². The zero-order chi connectivity index (χ0) is 16.6. The number of hydrogen-bond acceptors (Lipinski definition) is 2. The van der Waals surface area contributed by atoms with Crippen molar-refractivity contribution in [2.75, 3.05) is 10.5 Å². The molecule has 0 amide bonds. The molecule has 0 spiro atoms. The van der Waals surface area contributed by atoms with Crippen molar-refractivity contribution in [3.8, 4) is 22.3 Å². The third-order valence-corrected chi connectivity index (χ3v) is 5.61. The van der Waals surface area contributed by atoms with Crippen molar-refractivity contribution in [1.82, 2.24) is 0 Å². The van der Waals surface area contributed by atoms with E-state index in [1.165, 1.54) is 5.56 Å². The maximum absolute atomic E-state index is 11.9. The monoisotopic (exact) mass is 335 g/mol. The fraction of sp³-hybridized carbons (Fsp3) is 0.100. The molecule has 1 aliphatic rings. The van der Waals surface area contributed by atoms with Crippen molar-refractivity contribution in [1.29, 1.82) is 0 Å². The lowest BCUT2D eigenvalue weighted by atomic mass is 9.97. The van der Waals surface area contributed by atoms with Gasteiger partial charge in [0.25, 0.3) is 0 Å². The van der Waals surface area contributed by atoms with Gasteiger partial charge in [0.15, 0.2) is 0 Å². The van der Waals surface area contributed by atoms with Gasteiger partial charge < -0.3 is 0 Å². The van der Waals surface area contributed by atoms with E-state index in [0.717, 1.165) is 27.9 Å². The molecule has 4 heteroatoms. The maximum Gasteiger partial charge on any atom is 0.233 e. The molecule has 0 saturated carbocycles. The van der Waals surface area contributed by atoms with Crippen LogP contribution in [0.3, 0.4) is 0 Å². The molecule has 0 fully saturated rings. The molecule has 3 aromatic rings. The maximum atomic E-state index is 11.9. The van der Waals surface area contributed by atoms with Crippen LogP contribution in [0, 0.1) is 0 Å². The average molecular weight is 335 g/mol. The van der Waals surface area contributed by atoms with Crippen LogP contribution in [-0.4, -0.2) is 14.2 Å². The summed E-state index contributed by atoms with van der Waals surface area (Å²) < 4.78 is 26.6. The zero-order valence-electron chi connectivity index (χ0n) is 13.1. The lowest BCUT2D eigenvalue weighted by Crippen LogP contribution is -2.24. The van der Waals surface area contributed by atoms with Gasteiger partial charge in [0.05, 0.1) is 11.4 Å². The van der Waals surface area contributed by atoms with E-state index in [2.05, 4.69) is 29.0 Å². The number of rotatable bonds is 2. The van der Waals surface area contributed by atoms with Crippen molar-refractivity contribution < 1.29 is 8.42 Å². The van der Waals surface area contributed by atoms with Crippen molar-refractivity contribution >= 4 is 15.7 Å². The number of hydrogen-bond donors (Lipinski definition) is 1. The van der Waals surface area contributed by atoms with Gasteiger partial charge in [-0.25, -0.2) is 8.42 Å². The van der Waals surface area contributed by atoms with E-state index in [1.807, 2.05) is 48.5 Å². The Balaban J connectivity index is 1.75. The molecule has 0 radical (unpaired) electrons. The summed E-state index contributed by atoms with van der Waals surface area (Å²) in [4.78, 5) is 0. The number of anilines is 1. The van der Waals surface area contributed by atoms with Crippen molar-refractivity contribution in [3.05, 3.63) is 78.4 Å². The Morgan fingerprint density at radius 1 is 0.708 bits per heavy atom. The van der Waals surface area contributed by atoms with Gasteiger partial charge in [-0.1, -0.05) is 72.8 Å². The van der Waals surface area contributed by atoms with E-state index in [4.69, 9.17) is 0 Å². The quantitative estimate of drug-likeness (QED) is 0.758. The van der Waals surface area contributed by atoms with Crippen LogP contribution in [0.1, 0.15) is 5.56 Å². The van der Waals surface area contributed by atoms with Crippen LogP contribution in [0.4, 0.5) is 5.69 Å². The largest absolute Gasteiger partial charge is 0.283 e. The average Bonchev–Trinajstić information content (AvgIpc) is 2.61. The molecule has 1 aliphatic heterocycles. The molecular formula is C20H17NO2S. The predicted octanol–water partition coefficient (Wildman–Crippen LogP) is 4.32. The second-order valence-corrected chi connectivity index (χ2v) is 7.80. The van der Waals surface area contributed by atoms with E-state index in [1.54, 1.807) is 0 Å². The number of nitrogens with one attached hydrogen (secondary N) is 1.